The van der Waals surface area contributed by atoms with Crippen molar-refractivity contribution in [1.82, 2.24) is 15.5 Å². The van der Waals surface area contributed by atoms with Gasteiger partial charge in [0.1, 0.15) is 5.82 Å². The number of likely N-dealkylation sites (N-methyl/N-ethyl adjacent to an activating group) is 1. The quantitative estimate of drug-likeness (QED) is 0.599. The lowest BCUT2D eigenvalue weighted by atomic mass is 10.1. The zero-order valence-corrected chi connectivity index (χ0v) is 14.3. The molecule has 0 bridgehead atoms. The van der Waals surface area contributed by atoms with Gasteiger partial charge in [0.05, 0.1) is 0 Å². The molecular formula is C18H29FN4. The van der Waals surface area contributed by atoms with Gasteiger partial charge in [-0.3, -0.25) is 4.99 Å². The van der Waals surface area contributed by atoms with Crippen molar-refractivity contribution in [2.75, 3.05) is 33.7 Å². The molecule has 128 valence electrons. The summed E-state index contributed by atoms with van der Waals surface area (Å²) in [6, 6.07) is 7.40. The van der Waals surface area contributed by atoms with Crippen LogP contribution in [0.3, 0.4) is 0 Å². The van der Waals surface area contributed by atoms with Crippen molar-refractivity contribution in [3.8, 4) is 0 Å². The molecule has 0 amide bonds. The molecule has 0 saturated heterocycles. The highest BCUT2D eigenvalue weighted by Gasteiger charge is 2.18. The third-order valence-electron chi connectivity index (χ3n) is 4.55. The normalized spacial score (nSPS) is 16.1. The van der Waals surface area contributed by atoms with Gasteiger partial charge < -0.3 is 15.5 Å². The first-order chi connectivity index (χ1) is 11.2. The van der Waals surface area contributed by atoms with Gasteiger partial charge in [0.15, 0.2) is 5.96 Å². The number of guanidine groups is 1. The Kier molecular flexibility index (Phi) is 7.33. The number of rotatable bonds is 7. The number of halogens is 1. The standard InChI is InChI=1S/C18H29FN4/c1-20-18(21-12-11-15-7-9-16(19)10-8-15)22-13-14-23(2)17-5-3-4-6-17/h7-10,17H,3-6,11-14H2,1-2H3,(H2,20,21,22). The highest BCUT2D eigenvalue weighted by Crippen LogP contribution is 2.21. The van der Waals surface area contributed by atoms with Crippen molar-refractivity contribution in [2.45, 2.75) is 38.1 Å². The molecule has 2 N–H and O–H groups in total. The summed E-state index contributed by atoms with van der Waals surface area (Å²) >= 11 is 0. The molecule has 0 heterocycles. The molecule has 1 aliphatic carbocycles. The number of benzene rings is 1. The molecule has 5 heteroatoms. The number of aliphatic imine (C=N–C) groups is 1. The van der Waals surface area contributed by atoms with Gasteiger partial charge in [0, 0.05) is 32.7 Å². The smallest absolute Gasteiger partial charge is 0.191 e. The van der Waals surface area contributed by atoms with Gasteiger partial charge >= 0.3 is 0 Å². The van der Waals surface area contributed by atoms with Crippen molar-refractivity contribution in [3.05, 3.63) is 35.6 Å². The van der Waals surface area contributed by atoms with Gasteiger partial charge in [-0.05, 0) is 44.0 Å². The molecule has 0 aromatic heterocycles. The Labute approximate surface area is 139 Å². The molecule has 1 aromatic carbocycles. The lowest BCUT2D eigenvalue weighted by Gasteiger charge is -2.24. The Morgan fingerprint density at radius 2 is 1.83 bits per heavy atom. The van der Waals surface area contributed by atoms with Gasteiger partial charge in [-0.15, -0.1) is 0 Å². The Balaban J connectivity index is 1.62. The van der Waals surface area contributed by atoms with Crippen LogP contribution in [0.5, 0.6) is 0 Å². The van der Waals surface area contributed by atoms with E-state index < -0.39 is 0 Å². The maximum atomic E-state index is 12.9. The molecule has 4 nitrogen and oxygen atoms in total. The maximum Gasteiger partial charge on any atom is 0.191 e. The van der Waals surface area contributed by atoms with E-state index in [1.807, 2.05) is 12.1 Å². The molecule has 2 rings (SSSR count). The largest absolute Gasteiger partial charge is 0.356 e. The molecule has 1 aliphatic rings. The molecule has 23 heavy (non-hydrogen) atoms. The molecule has 0 aliphatic heterocycles. The topological polar surface area (TPSA) is 39.7 Å². The first-order valence-corrected chi connectivity index (χ1v) is 8.58. The first kappa shape index (κ1) is 17.7. The maximum absolute atomic E-state index is 12.9. The van der Waals surface area contributed by atoms with Crippen LogP contribution in [0.25, 0.3) is 0 Å². The Bertz CT molecular complexity index is 480. The third-order valence-corrected chi connectivity index (χ3v) is 4.55. The van der Waals surface area contributed by atoms with Crippen LogP contribution in [0.1, 0.15) is 31.2 Å². The van der Waals surface area contributed by atoms with Crippen molar-refractivity contribution < 1.29 is 4.39 Å². The monoisotopic (exact) mass is 320 g/mol. The highest BCUT2D eigenvalue weighted by atomic mass is 19.1. The van der Waals surface area contributed by atoms with Crippen LogP contribution in [-0.4, -0.2) is 50.6 Å². The molecule has 1 fully saturated rings. The van der Waals surface area contributed by atoms with E-state index in [-0.39, 0.29) is 5.82 Å². The predicted molar refractivity (Wildman–Crippen MR) is 94.4 cm³/mol. The van der Waals surface area contributed by atoms with Crippen molar-refractivity contribution >= 4 is 5.96 Å². The van der Waals surface area contributed by atoms with Crippen LogP contribution in [0.15, 0.2) is 29.3 Å². The third kappa shape index (κ3) is 6.18. The second kappa shape index (κ2) is 9.50. The average molecular weight is 320 g/mol. The summed E-state index contributed by atoms with van der Waals surface area (Å²) in [5, 5.41) is 6.66. The molecule has 1 saturated carbocycles. The lowest BCUT2D eigenvalue weighted by molar-refractivity contribution is 0.249. The average Bonchev–Trinajstić information content (AvgIpc) is 3.09. The number of nitrogens with zero attached hydrogens (tertiary/aromatic N) is 2. The van der Waals surface area contributed by atoms with Crippen LogP contribution in [0, 0.1) is 5.82 Å². The van der Waals surface area contributed by atoms with Gasteiger partial charge in [-0.1, -0.05) is 25.0 Å². The van der Waals surface area contributed by atoms with Crippen LogP contribution < -0.4 is 10.6 Å². The van der Waals surface area contributed by atoms with E-state index in [1.54, 1.807) is 7.05 Å². The summed E-state index contributed by atoms with van der Waals surface area (Å²) in [6.07, 6.45) is 6.26. The Morgan fingerprint density at radius 1 is 1.17 bits per heavy atom. The SMILES string of the molecule is CN=C(NCCc1ccc(F)cc1)NCCN(C)C1CCCC1. The fraction of sp³-hybridized carbons (Fsp3) is 0.611. The summed E-state index contributed by atoms with van der Waals surface area (Å²) in [7, 11) is 4.00. The van der Waals surface area contributed by atoms with Gasteiger partial charge in [0.25, 0.3) is 0 Å². The summed E-state index contributed by atoms with van der Waals surface area (Å²) in [6.45, 7) is 2.70. The first-order valence-electron chi connectivity index (χ1n) is 8.58. The number of hydrogen-bond acceptors (Lipinski definition) is 2. The van der Waals surface area contributed by atoms with Crippen LogP contribution in [0.2, 0.25) is 0 Å². The van der Waals surface area contributed by atoms with Crippen LogP contribution in [-0.2, 0) is 6.42 Å². The van der Waals surface area contributed by atoms with Crippen molar-refractivity contribution in [1.29, 1.82) is 0 Å². The minimum atomic E-state index is -0.189. The summed E-state index contributed by atoms with van der Waals surface area (Å²) in [5.41, 5.74) is 1.12. The van der Waals surface area contributed by atoms with E-state index >= 15 is 0 Å². The zero-order chi connectivity index (χ0) is 16.5. The van der Waals surface area contributed by atoms with Crippen LogP contribution >= 0.6 is 0 Å². The fourth-order valence-electron chi connectivity index (χ4n) is 3.08. The predicted octanol–water partition coefficient (Wildman–Crippen LogP) is 2.41. The van der Waals surface area contributed by atoms with Crippen molar-refractivity contribution in [3.63, 3.8) is 0 Å². The number of hydrogen-bond donors (Lipinski definition) is 2. The second-order valence-corrected chi connectivity index (χ2v) is 6.22. The number of nitrogens with one attached hydrogen (secondary N) is 2. The van der Waals surface area contributed by atoms with E-state index in [1.165, 1.54) is 37.8 Å². The van der Waals surface area contributed by atoms with E-state index in [4.69, 9.17) is 0 Å². The van der Waals surface area contributed by atoms with Gasteiger partial charge in [-0.2, -0.15) is 0 Å². The van der Waals surface area contributed by atoms with E-state index in [9.17, 15) is 4.39 Å². The summed E-state index contributed by atoms with van der Waals surface area (Å²) in [5.74, 6) is 0.637. The molecule has 0 atom stereocenters. The minimum Gasteiger partial charge on any atom is -0.356 e. The summed E-state index contributed by atoms with van der Waals surface area (Å²) in [4.78, 5) is 6.69. The molecule has 1 aromatic rings. The van der Waals surface area contributed by atoms with E-state index in [2.05, 4.69) is 27.6 Å². The highest BCUT2D eigenvalue weighted by molar-refractivity contribution is 5.79. The van der Waals surface area contributed by atoms with Crippen LogP contribution in [0.4, 0.5) is 4.39 Å². The van der Waals surface area contributed by atoms with Gasteiger partial charge in [0.2, 0.25) is 0 Å². The van der Waals surface area contributed by atoms with E-state index in [0.29, 0.717) is 0 Å². The molecule has 0 spiro atoms. The molecular weight excluding hydrogens is 291 g/mol. The van der Waals surface area contributed by atoms with E-state index in [0.717, 1.165) is 43.6 Å². The second-order valence-electron chi connectivity index (χ2n) is 6.22. The fourth-order valence-corrected chi connectivity index (χ4v) is 3.08. The lowest BCUT2D eigenvalue weighted by Crippen LogP contribution is -2.43. The Morgan fingerprint density at radius 3 is 2.48 bits per heavy atom. The van der Waals surface area contributed by atoms with Crippen molar-refractivity contribution in [2.24, 2.45) is 4.99 Å². The summed E-state index contributed by atoms with van der Waals surface area (Å²) < 4.78 is 12.9. The molecule has 0 unspecified atom stereocenters. The molecule has 0 radical (unpaired) electrons. The Hall–Kier alpha value is -1.62. The van der Waals surface area contributed by atoms with Gasteiger partial charge in [-0.25, -0.2) is 4.39 Å². The zero-order valence-electron chi connectivity index (χ0n) is 14.3. The minimum absolute atomic E-state index is 0.189.